The molecule has 0 N–H and O–H groups in total. The molecular formula is C67H66BN3. The van der Waals surface area contributed by atoms with Gasteiger partial charge in [-0.25, -0.2) is 0 Å². The first-order valence-electron chi connectivity index (χ1n) is 25.8. The first kappa shape index (κ1) is 45.1. The minimum absolute atomic E-state index is 0.0126. The van der Waals surface area contributed by atoms with Gasteiger partial charge in [-0.1, -0.05) is 162 Å². The van der Waals surface area contributed by atoms with E-state index in [0.29, 0.717) is 0 Å². The predicted octanol–water partition coefficient (Wildman–Crippen LogP) is 17.5. The smallest absolute Gasteiger partial charge is 0.333 e. The second-order valence-corrected chi connectivity index (χ2v) is 24.8. The highest BCUT2D eigenvalue weighted by Crippen LogP contribution is 2.51. The summed E-state index contributed by atoms with van der Waals surface area (Å²) in [6, 6.07) is 63.3. The monoisotopic (exact) mass is 924 g/mol. The van der Waals surface area contributed by atoms with E-state index < -0.39 is 0 Å². The van der Waals surface area contributed by atoms with Crippen LogP contribution in [0.2, 0.25) is 0 Å². The van der Waals surface area contributed by atoms with Crippen molar-refractivity contribution in [3.8, 4) is 11.1 Å². The van der Waals surface area contributed by atoms with Crippen molar-refractivity contribution in [1.29, 1.82) is 0 Å². The number of benzene rings is 9. The van der Waals surface area contributed by atoms with E-state index >= 15 is 0 Å². The van der Waals surface area contributed by atoms with E-state index in [1.807, 2.05) is 0 Å². The number of aryl methyl sites for hydroxylation is 1. The molecule has 0 radical (unpaired) electrons. The number of nitrogens with zero attached hydrogens (tertiary/aromatic N) is 3. The Kier molecular flexibility index (Phi) is 9.84. The van der Waals surface area contributed by atoms with E-state index in [9.17, 15) is 0 Å². The molecule has 0 saturated heterocycles. The Labute approximate surface area is 421 Å². The maximum atomic E-state index is 2.75. The van der Waals surface area contributed by atoms with E-state index in [4.69, 9.17) is 0 Å². The second-order valence-electron chi connectivity index (χ2n) is 24.8. The Bertz CT molecular complexity index is 3740. The summed E-state index contributed by atoms with van der Waals surface area (Å²) in [7, 11) is 0. The summed E-state index contributed by atoms with van der Waals surface area (Å²) in [5.41, 5.74) is 21.2. The molecular weight excluding hydrogens is 858 g/mol. The standard InChI is InChI=1S/C67H66BN3/c1-41-52-27-21-20-22-42(52)30-43-31-60-58(40-53(41)43)68-62-55(57-37-47(67(11,12)13)36-56-54-35-44(64(2,3)4)28-29-59(54)71(68)63(56)57)38-51(69(48-23-16-14-17-24-48)49-25-18-15-19-26-49)39-61(62)70(60)50-33-45(65(5,6)7)32-46(34-50)66(8,9)10/h14-40H,1-13H3. The van der Waals surface area contributed by atoms with Crippen LogP contribution in [0.15, 0.2) is 164 Å². The van der Waals surface area contributed by atoms with E-state index in [2.05, 4.69) is 268 Å². The molecule has 2 aliphatic rings. The van der Waals surface area contributed by atoms with Gasteiger partial charge in [-0.3, -0.25) is 0 Å². The van der Waals surface area contributed by atoms with Gasteiger partial charge in [0, 0.05) is 61.5 Å². The minimum Gasteiger partial charge on any atom is -0.375 e. The molecule has 3 nitrogen and oxygen atoms in total. The quantitative estimate of drug-likeness (QED) is 0.129. The third kappa shape index (κ3) is 7.15. The maximum absolute atomic E-state index is 2.75. The van der Waals surface area contributed by atoms with Crippen molar-refractivity contribution in [2.45, 2.75) is 112 Å². The summed E-state index contributed by atoms with van der Waals surface area (Å²) >= 11 is 0. The topological polar surface area (TPSA) is 11.4 Å². The number of rotatable bonds is 4. The van der Waals surface area contributed by atoms with E-state index in [1.54, 1.807) is 0 Å². The first-order valence-corrected chi connectivity index (χ1v) is 25.8. The molecule has 9 aromatic carbocycles. The largest absolute Gasteiger partial charge is 0.375 e. The molecule has 0 saturated carbocycles. The SMILES string of the molecule is Cc1c2ccccc2cc2cc3c(cc12)B1c2c(cc(N(c4ccccc4)c4ccccc4)cc2N3c2cc(C(C)(C)C)cc(C(C)(C)C)c2)-c2cc(C(C)(C)C)cc3c4cc(C(C)(C)C)ccc4n1c23. The zero-order valence-corrected chi connectivity index (χ0v) is 44.0. The Morgan fingerprint density at radius 3 is 1.61 bits per heavy atom. The molecule has 0 amide bonds. The molecule has 10 aromatic rings. The van der Waals surface area contributed by atoms with Crippen molar-refractivity contribution in [3.63, 3.8) is 0 Å². The van der Waals surface area contributed by atoms with Crippen LogP contribution in [0.5, 0.6) is 0 Å². The zero-order chi connectivity index (χ0) is 49.7. The fourth-order valence-corrected chi connectivity index (χ4v) is 11.8. The maximum Gasteiger partial charge on any atom is 0.333 e. The average molecular weight is 924 g/mol. The number of aromatic nitrogens is 1. The fraction of sp³-hybridized carbons (Fsp3) is 0.254. The van der Waals surface area contributed by atoms with Crippen LogP contribution < -0.4 is 20.7 Å². The molecule has 0 fully saturated rings. The van der Waals surface area contributed by atoms with Gasteiger partial charge in [-0.05, 0) is 179 Å². The molecule has 71 heavy (non-hydrogen) atoms. The van der Waals surface area contributed by atoms with Crippen molar-refractivity contribution in [3.05, 3.63) is 192 Å². The van der Waals surface area contributed by atoms with E-state index in [-0.39, 0.29) is 28.5 Å². The van der Waals surface area contributed by atoms with E-state index in [1.165, 1.54) is 110 Å². The zero-order valence-electron chi connectivity index (χ0n) is 44.0. The van der Waals surface area contributed by atoms with Crippen LogP contribution in [0.4, 0.5) is 34.1 Å². The van der Waals surface area contributed by atoms with Crippen molar-refractivity contribution in [2.24, 2.45) is 0 Å². The van der Waals surface area contributed by atoms with Crippen LogP contribution in [0, 0.1) is 6.92 Å². The van der Waals surface area contributed by atoms with Crippen molar-refractivity contribution < 1.29 is 0 Å². The Morgan fingerprint density at radius 1 is 0.408 bits per heavy atom. The highest BCUT2D eigenvalue weighted by atomic mass is 15.2. The van der Waals surface area contributed by atoms with Gasteiger partial charge in [0.25, 0.3) is 0 Å². The molecule has 4 heteroatoms. The summed E-state index contributed by atoms with van der Waals surface area (Å²) in [6.07, 6.45) is 0. The third-order valence-electron chi connectivity index (χ3n) is 15.8. The highest BCUT2D eigenvalue weighted by molar-refractivity contribution is 6.90. The van der Waals surface area contributed by atoms with Crippen LogP contribution in [-0.4, -0.2) is 11.3 Å². The average Bonchev–Trinajstić information content (AvgIpc) is 3.65. The van der Waals surface area contributed by atoms with Crippen molar-refractivity contribution in [1.82, 2.24) is 4.48 Å². The lowest BCUT2D eigenvalue weighted by Gasteiger charge is -2.42. The molecule has 2 aliphatic heterocycles. The van der Waals surface area contributed by atoms with Gasteiger partial charge in [0.2, 0.25) is 0 Å². The summed E-state index contributed by atoms with van der Waals surface area (Å²) in [5, 5.41) is 7.79. The van der Waals surface area contributed by atoms with Gasteiger partial charge in [0.15, 0.2) is 0 Å². The highest BCUT2D eigenvalue weighted by Gasteiger charge is 2.44. The molecule has 0 spiro atoms. The lowest BCUT2D eigenvalue weighted by atomic mass is 9.45. The lowest BCUT2D eigenvalue weighted by Crippen LogP contribution is -2.56. The van der Waals surface area contributed by atoms with Crippen LogP contribution in [-0.2, 0) is 21.7 Å². The minimum atomic E-state index is -0.112. The van der Waals surface area contributed by atoms with Crippen LogP contribution in [0.3, 0.4) is 0 Å². The molecule has 0 unspecified atom stereocenters. The molecule has 12 rings (SSSR count). The second kappa shape index (κ2) is 15.5. The normalized spacial score (nSPS) is 13.6. The Hall–Kier alpha value is -7.04. The number of anilines is 6. The summed E-state index contributed by atoms with van der Waals surface area (Å²) in [5.74, 6) is 0. The third-order valence-corrected chi connectivity index (χ3v) is 15.8. The predicted molar refractivity (Wildman–Crippen MR) is 309 cm³/mol. The molecule has 352 valence electrons. The van der Waals surface area contributed by atoms with Crippen LogP contribution in [0.1, 0.15) is 111 Å². The number of hydrogen-bond donors (Lipinski definition) is 0. The lowest BCUT2D eigenvalue weighted by molar-refractivity contribution is 0.569. The number of para-hydroxylation sites is 2. The number of fused-ring (bicyclic) bond motifs is 9. The van der Waals surface area contributed by atoms with Gasteiger partial charge >= 0.3 is 6.85 Å². The molecule has 3 heterocycles. The fourth-order valence-electron chi connectivity index (χ4n) is 11.8. The Morgan fingerprint density at radius 2 is 0.986 bits per heavy atom. The summed E-state index contributed by atoms with van der Waals surface area (Å²) < 4.78 is 2.75. The molecule has 1 aromatic heterocycles. The summed E-state index contributed by atoms with van der Waals surface area (Å²) in [4.78, 5) is 5.13. The van der Waals surface area contributed by atoms with Gasteiger partial charge < -0.3 is 14.3 Å². The van der Waals surface area contributed by atoms with Gasteiger partial charge in [0.05, 0.1) is 0 Å². The Balaban J connectivity index is 1.30. The molecule has 0 atom stereocenters. The molecule has 0 bridgehead atoms. The van der Waals surface area contributed by atoms with Crippen LogP contribution >= 0.6 is 0 Å². The van der Waals surface area contributed by atoms with Crippen molar-refractivity contribution >= 4 is 95.2 Å². The van der Waals surface area contributed by atoms with E-state index in [0.717, 1.165) is 17.1 Å². The van der Waals surface area contributed by atoms with Gasteiger partial charge in [-0.15, -0.1) is 0 Å². The summed E-state index contributed by atoms with van der Waals surface area (Å²) in [6.45, 7) is 30.5. The van der Waals surface area contributed by atoms with Crippen LogP contribution in [0.25, 0.3) is 54.5 Å². The first-order chi connectivity index (χ1) is 33.6. The molecule has 0 aliphatic carbocycles. The van der Waals surface area contributed by atoms with Gasteiger partial charge in [-0.2, -0.15) is 0 Å². The number of hydrogen-bond acceptors (Lipinski definition) is 2. The van der Waals surface area contributed by atoms with Gasteiger partial charge in [0.1, 0.15) is 0 Å². The van der Waals surface area contributed by atoms with Crippen molar-refractivity contribution in [2.75, 3.05) is 9.80 Å².